The molecule has 2 aromatic carbocycles. The Hall–Kier alpha value is -2.85. The van der Waals surface area contributed by atoms with Crippen molar-refractivity contribution in [1.29, 1.82) is 0 Å². The molecule has 1 aliphatic heterocycles. The van der Waals surface area contributed by atoms with Gasteiger partial charge in [0, 0.05) is 4.47 Å². The second kappa shape index (κ2) is 8.66. The summed E-state index contributed by atoms with van der Waals surface area (Å²) < 4.78 is 11.4. The molecule has 0 aromatic heterocycles. The average Bonchev–Trinajstić information content (AvgIpc) is 2.99. The number of para-hydroxylation sites is 1. The first kappa shape index (κ1) is 20.9. The van der Waals surface area contributed by atoms with Crippen molar-refractivity contribution < 1.29 is 29.0 Å². The Bertz CT molecular complexity index is 1020. The van der Waals surface area contributed by atoms with Crippen molar-refractivity contribution in [3.05, 3.63) is 56.5 Å². The van der Waals surface area contributed by atoms with Crippen LogP contribution < -0.4 is 19.9 Å². The number of halogens is 2. The Morgan fingerprint density at radius 2 is 1.90 bits per heavy atom. The molecule has 1 heterocycles. The quantitative estimate of drug-likeness (QED) is 0.443. The molecule has 2 N–H and O–H groups in total. The summed E-state index contributed by atoms with van der Waals surface area (Å²) in [5, 5.41) is 10.00. The third-order valence-electron chi connectivity index (χ3n) is 3.92. The Labute approximate surface area is 182 Å². The van der Waals surface area contributed by atoms with Gasteiger partial charge in [0.2, 0.25) is 0 Å². The SMILES string of the molecule is COc1cc(/C=C2/C(=O)NN(c3ccccc3)C2=O)c(Br)c(Br)c1OCC(=O)O. The van der Waals surface area contributed by atoms with E-state index in [4.69, 9.17) is 14.6 Å². The number of hydrogen-bond donors (Lipinski definition) is 2. The molecule has 2 aromatic rings. The van der Waals surface area contributed by atoms with Gasteiger partial charge in [-0.25, -0.2) is 9.80 Å². The standard InChI is InChI=1S/C19H14Br2N2O6/c1-28-13-8-10(15(20)16(21)17(13)29-9-14(24)25)7-12-18(26)22-23(19(12)27)11-5-3-2-4-6-11/h2-8H,9H2,1H3,(H,22,26)(H,24,25)/b12-7-. The van der Waals surface area contributed by atoms with Crippen molar-refractivity contribution in [2.75, 3.05) is 18.7 Å². The molecule has 8 nitrogen and oxygen atoms in total. The van der Waals surface area contributed by atoms with Crippen molar-refractivity contribution in [1.82, 2.24) is 5.43 Å². The molecule has 0 saturated carbocycles. The molecule has 29 heavy (non-hydrogen) atoms. The lowest BCUT2D eigenvalue weighted by atomic mass is 10.1. The molecule has 1 aliphatic rings. The molecule has 10 heteroatoms. The number of methoxy groups -OCH3 is 1. The Balaban J connectivity index is 1.99. The van der Waals surface area contributed by atoms with Crippen molar-refractivity contribution in [2.45, 2.75) is 0 Å². The summed E-state index contributed by atoms with van der Waals surface area (Å²) in [5.74, 6) is -1.78. The molecule has 0 unspecified atom stereocenters. The molecule has 150 valence electrons. The lowest BCUT2D eigenvalue weighted by Crippen LogP contribution is -2.35. The molecule has 0 spiro atoms. The topological polar surface area (TPSA) is 105 Å². The summed E-state index contributed by atoms with van der Waals surface area (Å²) >= 11 is 6.71. The molecule has 0 radical (unpaired) electrons. The Morgan fingerprint density at radius 3 is 2.52 bits per heavy atom. The van der Waals surface area contributed by atoms with E-state index < -0.39 is 24.4 Å². The third-order valence-corrected chi connectivity index (χ3v) is 6.06. The predicted octanol–water partition coefficient (Wildman–Crippen LogP) is 3.15. The van der Waals surface area contributed by atoms with Crippen molar-refractivity contribution >= 4 is 61.4 Å². The number of ether oxygens (including phenoxy) is 2. The fraction of sp³-hybridized carbons (Fsp3) is 0.105. The van der Waals surface area contributed by atoms with Gasteiger partial charge in [0.15, 0.2) is 18.1 Å². The highest BCUT2D eigenvalue weighted by Crippen LogP contribution is 2.43. The van der Waals surface area contributed by atoms with Crippen molar-refractivity contribution in [3.8, 4) is 11.5 Å². The van der Waals surface area contributed by atoms with Gasteiger partial charge in [0.1, 0.15) is 5.57 Å². The van der Waals surface area contributed by atoms with Gasteiger partial charge in [-0.15, -0.1) is 0 Å². The van der Waals surface area contributed by atoms with Gasteiger partial charge < -0.3 is 14.6 Å². The molecule has 2 amide bonds. The molecule has 0 aliphatic carbocycles. The molecule has 0 bridgehead atoms. The van der Waals surface area contributed by atoms with Crippen LogP contribution >= 0.6 is 31.9 Å². The van der Waals surface area contributed by atoms with E-state index in [0.29, 0.717) is 20.2 Å². The van der Waals surface area contributed by atoms with E-state index >= 15 is 0 Å². The second-order valence-electron chi connectivity index (χ2n) is 5.78. The van der Waals surface area contributed by atoms with Gasteiger partial charge >= 0.3 is 5.97 Å². The average molecular weight is 526 g/mol. The lowest BCUT2D eigenvalue weighted by molar-refractivity contribution is -0.139. The molecule has 1 saturated heterocycles. The second-order valence-corrected chi connectivity index (χ2v) is 7.37. The number of carbonyl (C=O) groups is 3. The van der Waals surface area contributed by atoms with Gasteiger partial charge in [0.05, 0.1) is 17.3 Å². The summed E-state index contributed by atoms with van der Waals surface area (Å²) in [5.41, 5.74) is 3.45. The van der Waals surface area contributed by atoms with E-state index in [1.165, 1.54) is 24.3 Å². The van der Waals surface area contributed by atoms with Crippen LogP contribution in [0.2, 0.25) is 0 Å². The number of carboxylic acids is 1. The van der Waals surface area contributed by atoms with E-state index in [2.05, 4.69) is 37.3 Å². The summed E-state index contributed by atoms with van der Waals surface area (Å²) in [6, 6.07) is 10.2. The zero-order valence-electron chi connectivity index (χ0n) is 14.9. The van der Waals surface area contributed by atoms with Crippen LogP contribution in [0.15, 0.2) is 50.9 Å². The van der Waals surface area contributed by atoms with E-state index in [0.717, 1.165) is 0 Å². The summed E-state index contributed by atoms with van der Waals surface area (Å²) in [7, 11) is 1.39. The maximum atomic E-state index is 12.7. The normalized spacial score (nSPS) is 14.9. The highest BCUT2D eigenvalue weighted by Gasteiger charge is 2.34. The minimum absolute atomic E-state index is 0.0669. The summed E-state index contributed by atoms with van der Waals surface area (Å²) in [4.78, 5) is 35.9. The zero-order chi connectivity index (χ0) is 21.1. The first-order chi connectivity index (χ1) is 13.8. The number of carbonyl (C=O) groups excluding carboxylic acids is 2. The van der Waals surface area contributed by atoms with Crippen LogP contribution in [0.5, 0.6) is 11.5 Å². The number of nitrogens with one attached hydrogen (secondary N) is 1. The van der Waals surface area contributed by atoms with Gasteiger partial charge in [-0.3, -0.25) is 15.0 Å². The van der Waals surface area contributed by atoms with Crippen LogP contribution in [0.25, 0.3) is 6.08 Å². The minimum Gasteiger partial charge on any atom is -0.493 e. The Kier molecular flexibility index (Phi) is 6.23. The van der Waals surface area contributed by atoms with Crippen LogP contribution in [0.1, 0.15) is 5.56 Å². The smallest absolute Gasteiger partial charge is 0.341 e. The van der Waals surface area contributed by atoms with Gasteiger partial charge in [-0.2, -0.15) is 0 Å². The van der Waals surface area contributed by atoms with E-state index in [9.17, 15) is 14.4 Å². The maximum Gasteiger partial charge on any atom is 0.341 e. The number of carboxylic acid groups (broad SMARTS) is 1. The lowest BCUT2D eigenvalue weighted by Gasteiger charge is -2.15. The van der Waals surface area contributed by atoms with E-state index in [1.54, 1.807) is 30.3 Å². The highest BCUT2D eigenvalue weighted by atomic mass is 79.9. The fourth-order valence-electron chi connectivity index (χ4n) is 2.60. The first-order valence-electron chi connectivity index (χ1n) is 8.16. The summed E-state index contributed by atoms with van der Waals surface area (Å²) in [6.07, 6.45) is 1.42. The number of amides is 2. The van der Waals surface area contributed by atoms with Gasteiger partial charge in [-0.05, 0) is 61.7 Å². The Morgan fingerprint density at radius 1 is 1.21 bits per heavy atom. The number of nitrogens with zero attached hydrogens (tertiary/aromatic N) is 1. The third kappa shape index (κ3) is 4.28. The maximum absolute atomic E-state index is 12.7. The van der Waals surface area contributed by atoms with E-state index in [-0.39, 0.29) is 17.1 Å². The number of hydrazine groups is 1. The molecule has 0 atom stereocenters. The van der Waals surface area contributed by atoms with Crippen LogP contribution in [0.4, 0.5) is 5.69 Å². The minimum atomic E-state index is -1.14. The van der Waals surface area contributed by atoms with Gasteiger partial charge in [0.25, 0.3) is 11.8 Å². The molecule has 1 fully saturated rings. The monoisotopic (exact) mass is 524 g/mol. The largest absolute Gasteiger partial charge is 0.493 e. The van der Waals surface area contributed by atoms with Crippen LogP contribution in [-0.4, -0.2) is 36.6 Å². The molecule has 3 rings (SSSR count). The number of aliphatic carboxylic acids is 1. The van der Waals surface area contributed by atoms with Crippen LogP contribution in [0, 0.1) is 0 Å². The van der Waals surface area contributed by atoms with Crippen molar-refractivity contribution in [2.24, 2.45) is 0 Å². The highest BCUT2D eigenvalue weighted by molar-refractivity contribution is 9.13. The van der Waals surface area contributed by atoms with Gasteiger partial charge in [-0.1, -0.05) is 18.2 Å². The molecular formula is C19H14Br2N2O6. The number of anilines is 1. The predicted molar refractivity (Wildman–Crippen MR) is 112 cm³/mol. The zero-order valence-corrected chi connectivity index (χ0v) is 18.1. The van der Waals surface area contributed by atoms with Crippen LogP contribution in [0.3, 0.4) is 0 Å². The number of benzene rings is 2. The fourth-order valence-corrected chi connectivity index (χ4v) is 3.55. The molecular weight excluding hydrogens is 512 g/mol. The van der Waals surface area contributed by atoms with Crippen LogP contribution in [-0.2, 0) is 14.4 Å². The summed E-state index contributed by atoms with van der Waals surface area (Å²) in [6.45, 7) is -0.561. The number of hydrogen-bond acceptors (Lipinski definition) is 5. The first-order valence-corrected chi connectivity index (χ1v) is 9.74. The van der Waals surface area contributed by atoms with Crippen molar-refractivity contribution in [3.63, 3.8) is 0 Å². The van der Waals surface area contributed by atoms with E-state index in [1.807, 2.05) is 0 Å². The number of rotatable bonds is 6.